The van der Waals surface area contributed by atoms with Crippen LogP contribution in [0.4, 0.5) is 0 Å². The molecular weight excluding hydrogens is 304 g/mol. The van der Waals surface area contributed by atoms with Crippen LogP contribution < -0.4 is 14.2 Å². The zero-order chi connectivity index (χ0) is 17.5. The number of aromatic hydroxyl groups is 1. The topological polar surface area (TPSA) is 47.9 Å². The highest BCUT2D eigenvalue weighted by Crippen LogP contribution is 2.32. The van der Waals surface area contributed by atoms with Crippen molar-refractivity contribution in [3.8, 4) is 23.0 Å². The van der Waals surface area contributed by atoms with Crippen molar-refractivity contribution in [2.75, 3.05) is 21.3 Å². The Bertz CT molecular complexity index is 720. The third-order valence-electron chi connectivity index (χ3n) is 3.82. The van der Waals surface area contributed by atoms with Crippen LogP contribution in [0.5, 0.6) is 23.0 Å². The minimum atomic E-state index is 0.132. The number of methoxy groups -OCH3 is 3. The molecule has 0 aliphatic rings. The number of phenolic OH excluding ortho intramolecular Hbond substituents is 1. The molecule has 0 heterocycles. The van der Waals surface area contributed by atoms with Crippen LogP contribution in [-0.2, 0) is 6.42 Å². The molecule has 4 nitrogen and oxygen atoms in total. The number of phenols is 1. The molecule has 4 heteroatoms. The Morgan fingerprint density at radius 1 is 0.875 bits per heavy atom. The van der Waals surface area contributed by atoms with Crippen molar-refractivity contribution in [3.05, 3.63) is 47.0 Å². The van der Waals surface area contributed by atoms with Gasteiger partial charge in [0, 0.05) is 0 Å². The fraction of sp³-hybridized carbons (Fsp3) is 0.300. The van der Waals surface area contributed by atoms with E-state index >= 15 is 0 Å². The molecule has 0 unspecified atom stereocenters. The van der Waals surface area contributed by atoms with Crippen LogP contribution in [0.1, 0.15) is 30.0 Å². The molecule has 0 aliphatic heterocycles. The van der Waals surface area contributed by atoms with Crippen molar-refractivity contribution < 1.29 is 19.3 Å². The lowest BCUT2D eigenvalue weighted by Crippen LogP contribution is -1.96. The summed E-state index contributed by atoms with van der Waals surface area (Å²) in [5.74, 6) is 2.04. The summed E-state index contributed by atoms with van der Waals surface area (Å²) in [4.78, 5) is 0. The van der Waals surface area contributed by atoms with E-state index < -0.39 is 0 Å². The third-order valence-corrected chi connectivity index (χ3v) is 3.82. The van der Waals surface area contributed by atoms with Gasteiger partial charge in [0.2, 0.25) is 0 Å². The zero-order valence-electron chi connectivity index (χ0n) is 14.6. The standard InChI is InChI=1S/C20H24O4/c1-5-6-15-12-19(23-3)20(24-4)13-16(15)9-7-14-8-10-17(21)18(11-14)22-2/h7-13,21H,5-6H2,1-4H3. The summed E-state index contributed by atoms with van der Waals surface area (Å²) >= 11 is 0. The van der Waals surface area contributed by atoms with Crippen molar-refractivity contribution in [1.29, 1.82) is 0 Å². The first kappa shape index (κ1) is 17.7. The van der Waals surface area contributed by atoms with Crippen molar-refractivity contribution in [1.82, 2.24) is 0 Å². The highest BCUT2D eigenvalue weighted by atomic mass is 16.5. The molecule has 1 N–H and O–H groups in total. The van der Waals surface area contributed by atoms with Gasteiger partial charge in [0.05, 0.1) is 21.3 Å². The molecule has 2 rings (SSSR count). The second-order valence-corrected chi connectivity index (χ2v) is 5.42. The van der Waals surface area contributed by atoms with E-state index in [0.717, 1.165) is 29.7 Å². The highest BCUT2D eigenvalue weighted by molar-refractivity contribution is 5.74. The molecule has 0 atom stereocenters. The summed E-state index contributed by atoms with van der Waals surface area (Å²) in [6.45, 7) is 2.15. The van der Waals surface area contributed by atoms with Crippen LogP contribution in [0, 0.1) is 0 Å². The fourth-order valence-electron chi connectivity index (χ4n) is 2.56. The number of hydrogen-bond donors (Lipinski definition) is 1. The summed E-state index contributed by atoms with van der Waals surface area (Å²) < 4.78 is 15.9. The summed E-state index contributed by atoms with van der Waals surface area (Å²) in [5.41, 5.74) is 3.24. The molecule has 0 radical (unpaired) electrons. The Balaban J connectivity index is 2.39. The second kappa shape index (κ2) is 8.29. The van der Waals surface area contributed by atoms with Crippen molar-refractivity contribution >= 4 is 12.2 Å². The van der Waals surface area contributed by atoms with Crippen LogP contribution in [-0.4, -0.2) is 26.4 Å². The van der Waals surface area contributed by atoms with E-state index in [2.05, 4.69) is 6.92 Å². The Hall–Kier alpha value is -2.62. The molecule has 24 heavy (non-hydrogen) atoms. The van der Waals surface area contributed by atoms with Gasteiger partial charge < -0.3 is 19.3 Å². The minimum Gasteiger partial charge on any atom is -0.504 e. The average Bonchev–Trinajstić information content (AvgIpc) is 2.61. The van der Waals surface area contributed by atoms with Crippen molar-refractivity contribution in [3.63, 3.8) is 0 Å². The van der Waals surface area contributed by atoms with Gasteiger partial charge in [-0.15, -0.1) is 0 Å². The maximum atomic E-state index is 9.68. The monoisotopic (exact) mass is 328 g/mol. The van der Waals surface area contributed by atoms with E-state index in [4.69, 9.17) is 14.2 Å². The lowest BCUT2D eigenvalue weighted by molar-refractivity contribution is 0.354. The van der Waals surface area contributed by atoms with E-state index in [1.807, 2.05) is 30.4 Å². The molecule has 0 fully saturated rings. The van der Waals surface area contributed by atoms with Gasteiger partial charge in [-0.05, 0) is 47.4 Å². The maximum Gasteiger partial charge on any atom is 0.161 e. The van der Waals surface area contributed by atoms with E-state index in [0.29, 0.717) is 11.5 Å². The molecule has 0 saturated heterocycles. The number of hydrogen-bond acceptors (Lipinski definition) is 4. The SMILES string of the molecule is CCCc1cc(OC)c(OC)cc1C=Cc1ccc(O)c(OC)c1. The van der Waals surface area contributed by atoms with Gasteiger partial charge in [-0.2, -0.15) is 0 Å². The van der Waals surface area contributed by atoms with Crippen LogP contribution in [0.25, 0.3) is 12.2 Å². The van der Waals surface area contributed by atoms with Crippen LogP contribution in [0.3, 0.4) is 0 Å². The van der Waals surface area contributed by atoms with Gasteiger partial charge in [0.1, 0.15) is 0 Å². The molecule has 0 amide bonds. The van der Waals surface area contributed by atoms with Gasteiger partial charge in [-0.25, -0.2) is 0 Å². The molecule has 128 valence electrons. The lowest BCUT2D eigenvalue weighted by atomic mass is 10.0. The number of benzene rings is 2. The molecule has 2 aromatic rings. The maximum absolute atomic E-state index is 9.68. The molecule has 2 aromatic carbocycles. The molecular formula is C20H24O4. The van der Waals surface area contributed by atoms with E-state index in [1.165, 1.54) is 12.7 Å². The summed E-state index contributed by atoms with van der Waals surface area (Å²) in [6.07, 6.45) is 6.03. The minimum absolute atomic E-state index is 0.132. The predicted molar refractivity (Wildman–Crippen MR) is 97.1 cm³/mol. The van der Waals surface area contributed by atoms with Crippen molar-refractivity contribution in [2.24, 2.45) is 0 Å². The molecule has 0 spiro atoms. The average molecular weight is 328 g/mol. The summed E-state index contributed by atoms with van der Waals surface area (Å²) in [5, 5.41) is 9.68. The third kappa shape index (κ3) is 4.02. The Labute approximate surface area is 143 Å². The smallest absolute Gasteiger partial charge is 0.161 e. The van der Waals surface area contributed by atoms with Gasteiger partial charge >= 0.3 is 0 Å². The Morgan fingerprint density at radius 2 is 1.54 bits per heavy atom. The van der Waals surface area contributed by atoms with Gasteiger partial charge in [0.25, 0.3) is 0 Å². The first-order valence-electron chi connectivity index (χ1n) is 7.92. The second-order valence-electron chi connectivity index (χ2n) is 5.42. The summed E-state index contributed by atoms with van der Waals surface area (Å²) in [6, 6.07) is 9.28. The zero-order valence-corrected chi connectivity index (χ0v) is 14.6. The summed E-state index contributed by atoms with van der Waals surface area (Å²) in [7, 11) is 4.82. The number of ether oxygens (including phenoxy) is 3. The number of rotatable bonds is 7. The normalized spacial score (nSPS) is 10.8. The quantitative estimate of drug-likeness (QED) is 0.758. The van der Waals surface area contributed by atoms with Crippen molar-refractivity contribution in [2.45, 2.75) is 19.8 Å². The van der Waals surface area contributed by atoms with Gasteiger partial charge in [-0.3, -0.25) is 0 Å². The van der Waals surface area contributed by atoms with E-state index in [9.17, 15) is 5.11 Å². The Kier molecular flexibility index (Phi) is 6.13. The first-order chi connectivity index (χ1) is 11.6. The molecule has 0 bridgehead atoms. The van der Waals surface area contributed by atoms with Gasteiger partial charge in [0.15, 0.2) is 23.0 Å². The molecule has 0 saturated carbocycles. The molecule has 0 aliphatic carbocycles. The highest BCUT2D eigenvalue weighted by Gasteiger charge is 2.09. The predicted octanol–water partition coefficient (Wildman–Crippen LogP) is 4.54. The number of aryl methyl sites for hydroxylation is 1. The largest absolute Gasteiger partial charge is 0.504 e. The van der Waals surface area contributed by atoms with E-state index in [-0.39, 0.29) is 5.75 Å². The molecule has 0 aromatic heterocycles. The van der Waals surface area contributed by atoms with Crippen LogP contribution in [0.2, 0.25) is 0 Å². The van der Waals surface area contributed by atoms with Gasteiger partial charge in [-0.1, -0.05) is 31.6 Å². The van der Waals surface area contributed by atoms with Crippen LogP contribution in [0.15, 0.2) is 30.3 Å². The van der Waals surface area contributed by atoms with E-state index in [1.54, 1.807) is 26.4 Å². The first-order valence-corrected chi connectivity index (χ1v) is 7.92. The fourth-order valence-corrected chi connectivity index (χ4v) is 2.56. The van der Waals surface area contributed by atoms with Crippen LogP contribution >= 0.6 is 0 Å². The Morgan fingerprint density at radius 3 is 2.17 bits per heavy atom. The lowest BCUT2D eigenvalue weighted by Gasteiger charge is -2.13.